The van der Waals surface area contributed by atoms with E-state index >= 15 is 0 Å². The molecular weight excluding hydrogens is 391 g/mol. The minimum Gasteiger partial charge on any atom is -0.489 e. The van der Waals surface area contributed by atoms with Crippen LogP contribution in [0.1, 0.15) is 23.0 Å². The largest absolute Gasteiger partial charge is 0.573 e. The van der Waals surface area contributed by atoms with Gasteiger partial charge >= 0.3 is 12.3 Å². The highest BCUT2D eigenvalue weighted by Gasteiger charge is 2.31. The van der Waals surface area contributed by atoms with Crippen molar-refractivity contribution in [3.8, 4) is 22.8 Å². The van der Waals surface area contributed by atoms with Crippen molar-refractivity contribution in [3.63, 3.8) is 0 Å². The summed E-state index contributed by atoms with van der Waals surface area (Å²) in [5.74, 6) is -0.495. The molecule has 0 bridgehead atoms. The molecule has 0 aliphatic carbocycles. The second-order valence-electron chi connectivity index (χ2n) is 5.75. The number of hydrogen-bond donors (Lipinski definition) is 1. The molecular formula is C19H16F3N3O4. The summed E-state index contributed by atoms with van der Waals surface area (Å²) in [5, 5.41) is 10.2. The molecule has 152 valence electrons. The molecule has 0 atom stereocenters. The zero-order chi connectivity index (χ0) is 20.9. The van der Waals surface area contributed by atoms with Crippen molar-refractivity contribution in [2.24, 2.45) is 0 Å². The van der Waals surface area contributed by atoms with E-state index in [1.807, 2.05) is 0 Å². The Hall–Kier alpha value is -3.56. The molecule has 29 heavy (non-hydrogen) atoms. The topological polar surface area (TPSA) is 86.3 Å². The van der Waals surface area contributed by atoms with E-state index in [0.717, 1.165) is 5.56 Å². The third-order valence-electron chi connectivity index (χ3n) is 3.71. The predicted octanol–water partition coefficient (Wildman–Crippen LogP) is 4.13. The molecule has 1 heterocycles. The zero-order valence-corrected chi connectivity index (χ0v) is 15.2. The Morgan fingerprint density at radius 2 is 1.66 bits per heavy atom. The van der Waals surface area contributed by atoms with E-state index in [1.54, 1.807) is 31.2 Å². The van der Waals surface area contributed by atoms with Crippen molar-refractivity contribution in [2.75, 3.05) is 6.61 Å². The van der Waals surface area contributed by atoms with E-state index in [-0.39, 0.29) is 24.7 Å². The number of carbonyl (C=O) groups is 1. The Balaban J connectivity index is 1.62. The van der Waals surface area contributed by atoms with Crippen molar-refractivity contribution in [2.45, 2.75) is 19.9 Å². The molecule has 10 heteroatoms. The fourth-order valence-electron chi connectivity index (χ4n) is 2.44. The smallest absolute Gasteiger partial charge is 0.489 e. The number of carbonyl (C=O) groups excluding carboxylic acids is 1. The number of aromatic nitrogens is 3. The number of benzene rings is 2. The molecule has 0 saturated heterocycles. The first-order valence-corrected chi connectivity index (χ1v) is 8.51. The van der Waals surface area contributed by atoms with Gasteiger partial charge in [-0.15, -0.1) is 18.3 Å². The summed E-state index contributed by atoms with van der Waals surface area (Å²) in [4.78, 5) is 11.9. The molecule has 3 rings (SSSR count). The molecule has 0 spiro atoms. The fraction of sp³-hybridized carbons (Fsp3) is 0.211. The van der Waals surface area contributed by atoms with Gasteiger partial charge in [0.05, 0.1) is 6.61 Å². The summed E-state index contributed by atoms with van der Waals surface area (Å²) in [7, 11) is 0. The van der Waals surface area contributed by atoms with Crippen LogP contribution in [0, 0.1) is 0 Å². The van der Waals surface area contributed by atoms with Gasteiger partial charge in [0.2, 0.25) is 0 Å². The molecule has 1 aromatic heterocycles. The first-order valence-electron chi connectivity index (χ1n) is 8.51. The Bertz CT molecular complexity index is 954. The zero-order valence-electron chi connectivity index (χ0n) is 15.2. The number of nitrogens with zero attached hydrogens (tertiary/aromatic N) is 2. The van der Waals surface area contributed by atoms with Crippen LogP contribution >= 0.6 is 0 Å². The van der Waals surface area contributed by atoms with Crippen LogP contribution in [-0.4, -0.2) is 34.3 Å². The second-order valence-corrected chi connectivity index (χ2v) is 5.75. The van der Waals surface area contributed by atoms with Gasteiger partial charge in [0.1, 0.15) is 23.8 Å². The number of nitrogens with one attached hydrogen (secondary N) is 1. The van der Waals surface area contributed by atoms with Crippen LogP contribution in [0.3, 0.4) is 0 Å². The third-order valence-corrected chi connectivity index (χ3v) is 3.71. The number of esters is 1. The van der Waals surface area contributed by atoms with Crippen LogP contribution in [-0.2, 0) is 11.3 Å². The van der Waals surface area contributed by atoms with E-state index in [0.29, 0.717) is 17.0 Å². The maximum Gasteiger partial charge on any atom is 0.573 e. The van der Waals surface area contributed by atoms with Gasteiger partial charge in [0.15, 0.2) is 5.69 Å². The number of H-pyrrole nitrogens is 1. The van der Waals surface area contributed by atoms with Crippen LogP contribution < -0.4 is 9.47 Å². The second kappa shape index (κ2) is 8.63. The van der Waals surface area contributed by atoms with Crippen LogP contribution in [0.4, 0.5) is 13.2 Å². The highest BCUT2D eigenvalue weighted by molar-refractivity contribution is 5.93. The third kappa shape index (κ3) is 5.47. The van der Waals surface area contributed by atoms with Gasteiger partial charge in [0.25, 0.3) is 0 Å². The lowest BCUT2D eigenvalue weighted by Gasteiger charge is -2.10. The summed E-state index contributed by atoms with van der Waals surface area (Å²) < 4.78 is 50.8. The van der Waals surface area contributed by atoms with Gasteiger partial charge in [-0.1, -0.05) is 24.3 Å². The molecule has 3 aromatic rings. The molecule has 0 aliphatic rings. The lowest BCUT2D eigenvalue weighted by Crippen LogP contribution is -2.16. The molecule has 0 amide bonds. The van der Waals surface area contributed by atoms with Gasteiger partial charge in [-0.25, -0.2) is 4.79 Å². The SMILES string of the molecule is CCOC(=O)c1n[nH]nc1-c1ccc(COc2ccc(OC(F)(F)F)cc2)cc1. The molecule has 7 nitrogen and oxygen atoms in total. The lowest BCUT2D eigenvalue weighted by molar-refractivity contribution is -0.274. The van der Waals surface area contributed by atoms with E-state index in [1.165, 1.54) is 24.3 Å². The maximum atomic E-state index is 12.2. The van der Waals surface area contributed by atoms with Crippen molar-refractivity contribution in [1.29, 1.82) is 0 Å². The molecule has 0 aliphatic heterocycles. The van der Waals surface area contributed by atoms with E-state index < -0.39 is 12.3 Å². The van der Waals surface area contributed by atoms with Gasteiger partial charge < -0.3 is 14.2 Å². The normalized spacial score (nSPS) is 11.2. The van der Waals surface area contributed by atoms with Gasteiger partial charge in [0, 0.05) is 5.56 Å². The van der Waals surface area contributed by atoms with E-state index in [2.05, 4.69) is 20.1 Å². The average molecular weight is 407 g/mol. The summed E-state index contributed by atoms with van der Waals surface area (Å²) in [5.41, 5.74) is 1.94. The fourth-order valence-corrected chi connectivity index (χ4v) is 2.44. The summed E-state index contributed by atoms with van der Waals surface area (Å²) in [6, 6.07) is 12.2. The molecule has 1 N–H and O–H groups in total. The van der Waals surface area contributed by atoms with E-state index in [9.17, 15) is 18.0 Å². The highest BCUT2D eigenvalue weighted by atomic mass is 19.4. The maximum absolute atomic E-state index is 12.2. The van der Waals surface area contributed by atoms with Crippen LogP contribution in [0.5, 0.6) is 11.5 Å². The highest BCUT2D eigenvalue weighted by Crippen LogP contribution is 2.25. The number of rotatable bonds is 7. The summed E-state index contributed by atoms with van der Waals surface area (Å²) >= 11 is 0. The Morgan fingerprint density at radius 3 is 2.28 bits per heavy atom. The van der Waals surface area contributed by atoms with Gasteiger partial charge in [-0.2, -0.15) is 10.3 Å². The molecule has 0 unspecified atom stereocenters. The molecule has 0 radical (unpaired) electrons. The standard InChI is InChI=1S/C19H16F3N3O4/c1-2-27-18(26)17-16(23-25-24-17)13-5-3-12(4-6-13)11-28-14-7-9-15(10-8-14)29-19(20,21)22/h3-10H,2,11H2,1H3,(H,23,24,25). The van der Waals surface area contributed by atoms with Gasteiger partial charge in [-0.05, 0) is 36.8 Å². The Labute approximate surface area is 163 Å². The molecule has 0 fully saturated rings. The average Bonchev–Trinajstić information content (AvgIpc) is 3.17. The van der Waals surface area contributed by atoms with Crippen molar-refractivity contribution < 1.29 is 32.2 Å². The first kappa shape index (κ1) is 20.2. The minimum atomic E-state index is -4.74. The lowest BCUT2D eigenvalue weighted by atomic mass is 10.1. The van der Waals surface area contributed by atoms with Crippen LogP contribution in [0.25, 0.3) is 11.3 Å². The Kier molecular flexibility index (Phi) is 6.01. The van der Waals surface area contributed by atoms with Crippen molar-refractivity contribution in [3.05, 3.63) is 59.8 Å². The summed E-state index contributed by atoms with van der Waals surface area (Å²) in [6.45, 7) is 2.12. The van der Waals surface area contributed by atoms with Crippen molar-refractivity contribution in [1.82, 2.24) is 15.4 Å². The first-order chi connectivity index (χ1) is 13.9. The quantitative estimate of drug-likeness (QED) is 0.593. The molecule has 0 saturated carbocycles. The number of aromatic amines is 1. The summed E-state index contributed by atoms with van der Waals surface area (Å²) in [6.07, 6.45) is -4.74. The number of hydrogen-bond acceptors (Lipinski definition) is 6. The van der Waals surface area contributed by atoms with E-state index in [4.69, 9.17) is 9.47 Å². The van der Waals surface area contributed by atoms with Crippen LogP contribution in [0.2, 0.25) is 0 Å². The predicted molar refractivity (Wildman–Crippen MR) is 95.2 cm³/mol. The monoisotopic (exact) mass is 407 g/mol. The number of ether oxygens (including phenoxy) is 3. The van der Waals surface area contributed by atoms with Crippen molar-refractivity contribution >= 4 is 5.97 Å². The number of halogens is 3. The van der Waals surface area contributed by atoms with Gasteiger partial charge in [-0.3, -0.25) is 0 Å². The number of alkyl halides is 3. The minimum absolute atomic E-state index is 0.0945. The Morgan fingerprint density at radius 1 is 1.00 bits per heavy atom. The molecule has 2 aromatic carbocycles. The van der Waals surface area contributed by atoms with Crippen LogP contribution in [0.15, 0.2) is 48.5 Å².